The van der Waals surface area contributed by atoms with Crippen LogP contribution in [0, 0.1) is 23.3 Å². The van der Waals surface area contributed by atoms with E-state index in [0.717, 1.165) is 24.5 Å². The Hall–Kier alpha value is -6.65. The molecule has 0 radical (unpaired) electrons. The Morgan fingerprint density at radius 1 is 0.661 bits per heavy atom. The van der Waals surface area contributed by atoms with Crippen molar-refractivity contribution in [3.63, 3.8) is 0 Å². The zero-order valence-electron chi connectivity index (χ0n) is 32.4. The van der Waals surface area contributed by atoms with Crippen molar-refractivity contribution in [3.8, 4) is 0 Å². The fourth-order valence-corrected chi connectivity index (χ4v) is 9.16. The predicted molar refractivity (Wildman–Crippen MR) is 209 cm³/mol. The number of halogens is 4. The summed E-state index contributed by atoms with van der Waals surface area (Å²) in [5, 5.41) is 7.21. The minimum Gasteiger partial charge on any atom is -0.442 e. The van der Waals surface area contributed by atoms with Crippen molar-refractivity contribution < 1.29 is 44.5 Å². The van der Waals surface area contributed by atoms with Crippen molar-refractivity contribution >= 4 is 55.2 Å². The molecule has 4 fully saturated rings. The number of ether oxygens (including phenoxy) is 1. The van der Waals surface area contributed by atoms with Crippen LogP contribution in [0.5, 0.6) is 0 Å². The zero-order valence-corrected chi connectivity index (χ0v) is 33.2. The molecule has 2 aliphatic carbocycles. The highest BCUT2D eigenvalue weighted by atomic mass is 32.2. The second kappa shape index (κ2) is 14.8. The lowest BCUT2D eigenvalue weighted by Gasteiger charge is -2.22. The van der Waals surface area contributed by atoms with Gasteiger partial charge in [0.1, 0.15) is 59.4 Å². The second-order valence-corrected chi connectivity index (χ2v) is 17.4. The van der Waals surface area contributed by atoms with Crippen LogP contribution >= 0.6 is 0 Å². The molecule has 0 bridgehead atoms. The Morgan fingerprint density at radius 3 is 1.53 bits per heavy atom. The van der Waals surface area contributed by atoms with Crippen molar-refractivity contribution in [3.05, 3.63) is 105 Å². The molecule has 62 heavy (non-hydrogen) atoms. The lowest BCUT2D eigenvalue weighted by Crippen LogP contribution is -2.28. The number of hydrogen-bond donors (Lipinski definition) is 0. The first kappa shape index (κ1) is 39.5. The monoisotopic (exact) mass is 878 g/mol. The van der Waals surface area contributed by atoms with Crippen LogP contribution in [0.25, 0.3) is 21.8 Å². The minimum atomic E-state index is -5.15. The number of aromatic nitrogens is 8. The van der Waals surface area contributed by atoms with Crippen molar-refractivity contribution in [2.24, 2.45) is 0 Å². The van der Waals surface area contributed by atoms with Gasteiger partial charge in [-0.25, -0.2) is 46.5 Å². The van der Waals surface area contributed by atoms with E-state index in [2.05, 4.69) is 24.3 Å². The van der Waals surface area contributed by atoms with Crippen LogP contribution in [0.2, 0.25) is 0 Å². The Bertz CT molecular complexity index is 3060. The lowest BCUT2D eigenvalue weighted by molar-refractivity contribution is 0.0544. The van der Waals surface area contributed by atoms with Crippen LogP contribution in [0.3, 0.4) is 0 Å². The van der Waals surface area contributed by atoms with E-state index in [1.807, 2.05) is 0 Å². The van der Waals surface area contributed by atoms with Gasteiger partial charge in [-0.15, -0.1) is 0 Å². The molecule has 6 heterocycles. The molecule has 18 nitrogen and oxygen atoms in total. The van der Waals surface area contributed by atoms with Crippen molar-refractivity contribution in [2.45, 2.75) is 62.7 Å². The maximum absolute atomic E-state index is 16.4. The molecule has 4 aliphatic rings. The number of rotatable bonds is 11. The van der Waals surface area contributed by atoms with Gasteiger partial charge in [-0.1, -0.05) is 0 Å². The molecule has 0 spiro atoms. The molecule has 2 unspecified atom stereocenters. The summed E-state index contributed by atoms with van der Waals surface area (Å²) >= 11 is 0. The van der Waals surface area contributed by atoms with Gasteiger partial charge in [0, 0.05) is 50.7 Å². The molecule has 2 aromatic carbocycles. The Balaban J connectivity index is 0.890. The van der Waals surface area contributed by atoms with Gasteiger partial charge in [-0.05, 0) is 50.7 Å². The molecule has 6 aromatic rings. The molecule has 2 saturated heterocycles. The van der Waals surface area contributed by atoms with Crippen LogP contribution < -0.4 is 20.7 Å². The third-order valence-electron chi connectivity index (χ3n) is 11.8. The summed E-state index contributed by atoms with van der Waals surface area (Å²) in [5.41, 5.74) is -5.18. The summed E-state index contributed by atoms with van der Waals surface area (Å²) in [5.74, 6) is -9.02. The van der Waals surface area contributed by atoms with E-state index in [0.29, 0.717) is 38.5 Å². The number of fused-ring (bicyclic) bond motifs is 2. The maximum atomic E-state index is 16.4. The molecule has 0 N–H and O–H groups in total. The number of hydrogen-bond acceptors (Lipinski definition) is 14. The molecule has 322 valence electrons. The number of nitrogens with zero attached hydrogens (tertiary/aromatic N) is 10. The number of anilines is 2. The average molecular weight is 879 g/mol. The zero-order chi connectivity index (χ0) is 43.2. The van der Waals surface area contributed by atoms with E-state index in [1.165, 1.54) is 44.2 Å². The van der Waals surface area contributed by atoms with E-state index < -0.39 is 90.1 Å². The lowest BCUT2D eigenvalue weighted by atomic mass is 10.1. The van der Waals surface area contributed by atoms with Gasteiger partial charge in [0.2, 0.25) is 16.8 Å². The Morgan fingerprint density at radius 2 is 1.11 bits per heavy atom. The van der Waals surface area contributed by atoms with Crippen molar-refractivity contribution in [2.75, 3.05) is 41.9 Å². The normalized spacial score (nSPS) is 19.2. The molecular weight excluding hydrogens is 845 g/mol. The number of pyridine rings is 2. The summed E-state index contributed by atoms with van der Waals surface area (Å²) < 4.78 is 106. The van der Waals surface area contributed by atoms with Gasteiger partial charge in [-0.3, -0.25) is 9.59 Å². The van der Waals surface area contributed by atoms with Gasteiger partial charge in [-0.2, -0.15) is 18.6 Å². The third-order valence-corrected chi connectivity index (χ3v) is 12.6. The quantitative estimate of drug-likeness (QED) is 0.103. The third kappa shape index (κ3) is 6.83. The fourth-order valence-electron chi connectivity index (χ4n) is 8.54. The average Bonchev–Trinajstić information content (AvgIpc) is 3.91. The largest absolute Gasteiger partial charge is 0.442 e. The summed E-state index contributed by atoms with van der Waals surface area (Å²) in [6.07, 6.45) is 10.9. The van der Waals surface area contributed by atoms with Crippen LogP contribution in [0.15, 0.2) is 59.4 Å². The number of esters is 1. The Labute approximate surface area is 347 Å². The highest BCUT2D eigenvalue weighted by Crippen LogP contribution is 2.42. The molecule has 4 aromatic heterocycles. The van der Waals surface area contributed by atoms with Crippen LogP contribution in [-0.4, -0.2) is 91.1 Å². The number of carbonyl (C=O) groups is 2. The van der Waals surface area contributed by atoms with Gasteiger partial charge in [0.15, 0.2) is 11.6 Å². The van der Waals surface area contributed by atoms with E-state index in [-0.39, 0.29) is 66.7 Å². The van der Waals surface area contributed by atoms with Crippen molar-refractivity contribution in [1.29, 1.82) is 0 Å². The number of carbonyl (C=O) groups excluding carboxylic acids is 2. The van der Waals surface area contributed by atoms with E-state index in [9.17, 15) is 27.6 Å². The predicted octanol–water partition coefficient (Wildman–Crippen LogP) is 3.93. The molecule has 2 atom stereocenters. The molecule has 0 amide bonds. The van der Waals surface area contributed by atoms with E-state index >= 15 is 17.6 Å². The Kier molecular flexibility index (Phi) is 9.40. The molecule has 2 aliphatic heterocycles. The topological polar surface area (TPSA) is 199 Å². The molecule has 23 heteroatoms. The second-order valence-electron chi connectivity index (χ2n) is 15.9. The molecular formula is C39H34F4N10O8S. The smallest absolute Gasteiger partial charge is 0.359 e. The first-order valence-corrected chi connectivity index (χ1v) is 21.3. The first-order chi connectivity index (χ1) is 29.8. The summed E-state index contributed by atoms with van der Waals surface area (Å²) in [6, 6.07) is 0.440. The summed E-state index contributed by atoms with van der Waals surface area (Å²) in [6.45, 7) is 0.959. The highest BCUT2D eigenvalue weighted by molar-refractivity contribution is 7.87. The van der Waals surface area contributed by atoms with Crippen LogP contribution in [-0.2, 0) is 19.0 Å². The van der Waals surface area contributed by atoms with Gasteiger partial charge >= 0.3 is 22.1 Å². The van der Waals surface area contributed by atoms with Crippen LogP contribution in [0.4, 0.5) is 28.9 Å². The van der Waals surface area contributed by atoms with E-state index in [1.54, 1.807) is 9.36 Å². The molecule has 10 rings (SSSR count). The highest BCUT2D eigenvalue weighted by Gasteiger charge is 2.37. The van der Waals surface area contributed by atoms with Gasteiger partial charge in [0.25, 0.3) is 0 Å². The standard InChI is InChI=1S/C39H34F4N10O8S/c40-28-9-24-32(30(42)34(28)48-7-5-22(11-48)52-17-44-15-46-52)50(20-1-2-20)13-26(36(24)54)38(56)60-19-62(58,59)61-39(57)27-14-51(21-3-4-21)33-25(37(27)55)10-29(41)35(31(33)43)49-8-6-23(12-49)53-18-45-16-47-53/h9-10,13-18,20-23H,1-8,11-12,19H2. The van der Waals surface area contributed by atoms with Gasteiger partial charge < -0.3 is 27.9 Å². The summed E-state index contributed by atoms with van der Waals surface area (Å²) in [4.78, 5) is 64.7. The van der Waals surface area contributed by atoms with E-state index in [4.69, 9.17) is 4.74 Å². The molecule has 2 saturated carbocycles. The minimum absolute atomic E-state index is 0.199. The maximum Gasteiger partial charge on any atom is 0.359 e. The van der Waals surface area contributed by atoms with Gasteiger partial charge in [0.05, 0.1) is 33.9 Å². The van der Waals surface area contributed by atoms with Crippen molar-refractivity contribution in [1.82, 2.24) is 38.7 Å². The van der Waals surface area contributed by atoms with Crippen LogP contribution in [0.1, 0.15) is 83.4 Å². The summed E-state index contributed by atoms with van der Waals surface area (Å²) in [7, 11) is -5.15. The SMILES string of the molecule is O=C(OCS(=O)(=O)OC(=O)c1cn(C2CC2)c2c(F)c(N3CCC(n4cncn4)C3)c(F)cc2c1=O)c1cn(C2CC2)c2c(F)c(N3CCC(n4cncn4)C3)c(F)cc2c1=O. The number of benzene rings is 2. The first-order valence-electron chi connectivity index (χ1n) is 19.7. The fraction of sp³-hybridized carbons (Fsp3) is 0.385.